The van der Waals surface area contributed by atoms with E-state index in [4.69, 9.17) is 9.72 Å². The van der Waals surface area contributed by atoms with Crippen LogP contribution in [0.3, 0.4) is 0 Å². The van der Waals surface area contributed by atoms with Crippen molar-refractivity contribution in [1.29, 1.82) is 0 Å². The molecule has 1 saturated heterocycles. The van der Waals surface area contributed by atoms with E-state index < -0.39 is 0 Å². The minimum atomic E-state index is 0.108. The van der Waals surface area contributed by atoms with E-state index in [2.05, 4.69) is 43.4 Å². The molecule has 1 aromatic heterocycles. The summed E-state index contributed by atoms with van der Waals surface area (Å²) in [7, 11) is 0. The average Bonchev–Trinajstić information content (AvgIpc) is 2.83. The van der Waals surface area contributed by atoms with Gasteiger partial charge in [-0.15, -0.1) is 11.3 Å². The van der Waals surface area contributed by atoms with Gasteiger partial charge < -0.3 is 10.1 Å². The molecule has 2 aromatic rings. The van der Waals surface area contributed by atoms with Gasteiger partial charge in [0.25, 0.3) is 0 Å². The average molecular weight is 274 g/mol. The van der Waals surface area contributed by atoms with Crippen molar-refractivity contribution in [2.75, 3.05) is 19.7 Å². The van der Waals surface area contributed by atoms with Crippen molar-refractivity contribution in [3.05, 3.63) is 39.7 Å². The highest BCUT2D eigenvalue weighted by molar-refractivity contribution is 7.12. The maximum absolute atomic E-state index is 5.77. The lowest BCUT2D eigenvalue weighted by atomic mass is 10.1. The summed E-state index contributed by atoms with van der Waals surface area (Å²) in [6.07, 6.45) is 0.108. The fraction of sp³-hybridized carbons (Fsp3) is 0.400. The van der Waals surface area contributed by atoms with E-state index in [9.17, 15) is 0 Å². The van der Waals surface area contributed by atoms with Crippen molar-refractivity contribution >= 4 is 11.3 Å². The Hall–Kier alpha value is -1.23. The standard InChI is InChI=1S/C15H18N2OS/c1-10-3-5-12(6-4-10)14-11(2)19-15(17-14)13-9-16-7-8-18-13/h3-6,13,16H,7-9H2,1-2H3. The molecular weight excluding hydrogens is 256 g/mol. The van der Waals surface area contributed by atoms with Gasteiger partial charge in [0.15, 0.2) is 0 Å². The molecule has 0 aliphatic carbocycles. The predicted octanol–water partition coefficient (Wildman–Crippen LogP) is 3.09. The molecule has 2 heterocycles. The number of hydrogen-bond acceptors (Lipinski definition) is 4. The fourth-order valence-electron chi connectivity index (χ4n) is 2.26. The number of morpholine rings is 1. The SMILES string of the molecule is Cc1ccc(-c2nc(C3CNCCO3)sc2C)cc1. The maximum Gasteiger partial charge on any atom is 0.124 e. The van der Waals surface area contributed by atoms with Gasteiger partial charge in [0, 0.05) is 23.5 Å². The van der Waals surface area contributed by atoms with E-state index in [1.54, 1.807) is 11.3 Å². The summed E-state index contributed by atoms with van der Waals surface area (Å²) >= 11 is 1.74. The van der Waals surface area contributed by atoms with Crippen LogP contribution in [0.15, 0.2) is 24.3 Å². The molecule has 100 valence electrons. The normalized spacial score (nSPS) is 19.6. The molecule has 1 atom stereocenters. The summed E-state index contributed by atoms with van der Waals surface area (Å²) < 4.78 is 5.77. The van der Waals surface area contributed by atoms with Crippen molar-refractivity contribution < 1.29 is 4.74 Å². The summed E-state index contributed by atoms with van der Waals surface area (Å²) in [5.74, 6) is 0. The van der Waals surface area contributed by atoms with Crippen LogP contribution in [0.25, 0.3) is 11.3 Å². The zero-order valence-corrected chi connectivity index (χ0v) is 12.1. The lowest BCUT2D eigenvalue weighted by Gasteiger charge is -2.21. The van der Waals surface area contributed by atoms with Crippen LogP contribution in [-0.2, 0) is 4.74 Å². The molecule has 0 amide bonds. The molecular formula is C15H18N2OS. The van der Waals surface area contributed by atoms with Gasteiger partial charge >= 0.3 is 0 Å². The molecule has 1 fully saturated rings. The topological polar surface area (TPSA) is 34.2 Å². The summed E-state index contributed by atoms with van der Waals surface area (Å²) in [5, 5.41) is 4.43. The van der Waals surface area contributed by atoms with Gasteiger partial charge in [-0.3, -0.25) is 0 Å². The maximum atomic E-state index is 5.77. The quantitative estimate of drug-likeness (QED) is 0.914. The number of rotatable bonds is 2. The molecule has 1 aliphatic heterocycles. The summed E-state index contributed by atoms with van der Waals surface area (Å²) in [6.45, 7) is 6.80. The van der Waals surface area contributed by atoms with Gasteiger partial charge in [0.05, 0.1) is 12.3 Å². The van der Waals surface area contributed by atoms with Crippen LogP contribution in [0.4, 0.5) is 0 Å². The Bertz CT molecular complexity index is 556. The number of aromatic nitrogens is 1. The van der Waals surface area contributed by atoms with Crippen LogP contribution in [0, 0.1) is 13.8 Å². The fourth-order valence-corrected chi connectivity index (χ4v) is 3.25. The van der Waals surface area contributed by atoms with Crippen LogP contribution >= 0.6 is 11.3 Å². The minimum Gasteiger partial charge on any atom is -0.368 e. The molecule has 1 aromatic carbocycles. The molecule has 3 nitrogen and oxygen atoms in total. The number of aryl methyl sites for hydroxylation is 2. The van der Waals surface area contributed by atoms with Crippen LogP contribution < -0.4 is 5.32 Å². The Balaban J connectivity index is 1.90. The first-order chi connectivity index (χ1) is 9.24. The van der Waals surface area contributed by atoms with Crippen LogP contribution in [-0.4, -0.2) is 24.7 Å². The Morgan fingerprint density at radius 3 is 2.74 bits per heavy atom. The number of thiazole rings is 1. The van der Waals surface area contributed by atoms with E-state index in [0.717, 1.165) is 30.4 Å². The van der Waals surface area contributed by atoms with E-state index in [0.29, 0.717) is 0 Å². The van der Waals surface area contributed by atoms with E-state index in [1.807, 2.05) is 0 Å². The molecule has 1 N–H and O–H groups in total. The molecule has 3 rings (SSSR count). The Morgan fingerprint density at radius 1 is 1.26 bits per heavy atom. The first-order valence-electron chi connectivity index (χ1n) is 6.61. The molecule has 0 spiro atoms. The third kappa shape index (κ3) is 2.71. The monoisotopic (exact) mass is 274 g/mol. The third-order valence-corrected chi connectivity index (χ3v) is 4.40. The van der Waals surface area contributed by atoms with Crippen molar-refractivity contribution in [1.82, 2.24) is 10.3 Å². The predicted molar refractivity (Wildman–Crippen MR) is 78.6 cm³/mol. The van der Waals surface area contributed by atoms with Crippen LogP contribution in [0.5, 0.6) is 0 Å². The smallest absolute Gasteiger partial charge is 0.124 e. The molecule has 19 heavy (non-hydrogen) atoms. The molecule has 0 saturated carbocycles. The third-order valence-electron chi connectivity index (χ3n) is 3.34. The summed E-state index contributed by atoms with van der Waals surface area (Å²) in [4.78, 5) is 6.04. The van der Waals surface area contributed by atoms with Gasteiger partial charge in [-0.1, -0.05) is 29.8 Å². The molecule has 1 aliphatic rings. The Kier molecular flexibility index (Phi) is 3.64. The zero-order chi connectivity index (χ0) is 13.2. The number of nitrogens with zero attached hydrogens (tertiary/aromatic N) is 1. The second-order valence-corrected chi connectivity index (χ2v) is 6.12. The lowest BCUT2D eigenvalue weighted by Crippen LogP contribution is -2.33. The van der Waals surface area contributed by atoms with Crippen LogP contribution in [0.1, 0.15) is 21.6 Å². The van der Waals surface area contributed by atoms with Crippen molar-refractivity contribution in [2.24, 2.45) is 0 Å². The molecule has 4 heteroatoms. The van der Waals surface area contributed by atoms with Crippen molar-refractivity contribution in [3.8, 4) is 11.3 Å². The first kappa shape index (κ1) is 12.8. The van der Waals surface area contributed by atoms with E-state index in [-0.39, 0.29) is 6.10 Å². The Morgan fingerprint density at radius 2 is 2.05 bits per heavy atom. The largest absolute Gasteiger partial charge is 0.368 e. The molecule has 0 radical (unpaired) electrons. The van der Waals surface area contributed by atoms with Gasteiger partial charge in [-0.25, -0.2) is 4.98 Å². The molecule has 0 bridgehead atoms. The van der Waals surface area contributed by atoms with Gasteiger partial charge in [0.2, 0.25) is 0 Å². The number of ether oxygens (including phenoxy) is 1. The van der Waals surface area contributed by atoms with Gasteiger partial charge in [-0.2, -0.15) is 0 Å². The van der Waals surface area contributed by atoms with E-state index >= 15 is 0 Å². The number of hydrogen-bond donors (Lipinski definition) is 1. The van der Waals surface area contributed by atoms with Gasteiger partial charge in [-0.05, 0) is 13.8 Å². The number of benzene rings is 1. The lowest BCUT2D eigenvalue weighted by molar-refractivity contribution is 0.0276. The Labute approximate surface area is 117 Å². The summed E-state index contributed by atoms with van der Waals surface area (Å²) in [5.41, 5.74) is 3.56. The zero-order valence-electron chi connectivity index (χ0n) is 11.3. The minimum absolute atomic E-state index is 0.108. The van der Waals surface area contributed by atoms with Crippen LogP contribution in [0.2, 0.25) is 0 Å². The highest BCUT2D eigenvalue weighted by Crippen LogP contribution is 2.32. The van der Waals surface area contributed by atoms with Gasteiger partial charge in [0.1, 0.15) is 11.1 Å². The molecule has 1 unspecified atom stereocenters. The second-order valence-electron chi connectivity index (χ2n) is 4.89. The second kappa shape index (κ2) is 5.41. The first-order valence-corrected chi connectivity index (χ1v) is 7.42. The summed E-state index contributed by atoms with van der Waals surface area (Å²) in [6, 6.07) is 8.54. The van der Waals surface area contributed by atoms with E-state index in [1.165, 1.54) is 16.0 Å². The number of nitrogens with one attached hydrogen (secondary N) is 1. The van der Waals surface area contributed by atoms with Crippen molar-refractivity contribution in [2.45, 2.75) is 20.0 Å². The highest BCUT2D eigenvalue weighted by Gasteiger charge is 2.21. The van der Waals surface area contributed by atoms with Crippen molar-refractivity contribution in [3.63, 3.8) is 0 Å². The highest BCUT2D eigenvalue weighted by atomic mass is 32.1.